The molecule has 2 aromatic carbocycles. The maximum Gasteiger partial charge on any atom is 0.336 e. The van der Waals surface area contributed by atoms with E-state index in [1.807, 2.05) is 43.3 Å². The van der Waals surface area contributed by atoms with Gasteiger partial charge in [0.05, 0.1) is 0 Å². The summed E-state index contributed by atoms with van der Waals surface area (Å²) in [5.41, 5.74) is 2.11. The van der Waals surface area contributed by atoms with E-state index in [-0.39, 0.29) is 12.2 Å². The molecule has 2 aromatic heterocycles. The predicted octanol–water partition coefficient (Wildman–Crippen LogP) is 5.12. The maximum atomic E-state index is 11.8. The van der Waals surface area contributed by atoms with Gasteiger partial charge in [0.2, 0.25) is 0 Å². The van der Waals surface area contributed by atoms with Crippen LogP contribution in [-0.4, -0.2) is 10.2 Å². The largest absolute Gasteiger partial charge is 0.484 e. The summed E-state index contributed by atoms with van der Waals surface area (Å²) in [6.45, 7) is 2.20. The van der Waals surface area contributed by atoms with Crippen molar-refractivity contribution in [3.8, 4) is 5.75 Å². The fourth-order valence-corrected chi connectivity index (χ4v) is 3.78. The molecule has 4 aromatic rings. The SMILES string of the molecule is Cc1cccc(OCc2nnc(SCc3cc(=O)oc4cc(Br)ccc34)o2)c1. The molecule has 4 rings (SSSR count). The molecule has 0 aliphatic carbocycles. The summed E-state index contributed by atoms with van der Waals surface area (Å²) >= 11 is 4.74. The third-order valence-corrected chi connectivity index (χ3v) is 5.30. The molecule has 0 radical (unpaired) electrons. The monoisotopic (exact) mass is 458 g/mol. The van der Waals surface area contributed by atoms with Crippen LogP contribution in [0.15, 0.2) is 71.9 Å². The highest BCUT2D eigenvalue weighted by Gasteiger charge is 2.11. The van der Waals surface area contributed by atoms with Gasteiger partial charge >= 0.3 is 5.63 Å². The Kier molecular flexibility index (Phi) is 5.50. The first-order valence-corrected chi connectivity index (χ1v) is 10.2. The van der Waals surface area contributed by atoms with Crippen LogP contribution in [0.2, 0.25) is 0 Å². The number of aromatic nitrogens is 2. The first-order valence-electron chi connectivity index (χ1n) is 8.44. The summed E-state index contributed by atoms with van der Waals surface area (Å²) in [6.07, 6.45) is 0. The first kappa shape index (κ1) is 18.8. The summed E-state index contributed by atoms with van der Waals surface area (Å²) in [5.74, 6) is 1.65. The molecule has 0 N–H and O–H groups in total. The lowest BCUT2D eigenvalue weighted by Crippen LogP contribution is -1.99. The maximum absolute atomic E-state index is 11.8. The molecule has 0 unspecified atom stereocenters. The van der Waals surface area contributed by atoms with Crippen molar-refractivity contribution in [2.45, 2.75) is 24.5 Å². The lowest BCUT2D eigenvalue weighted by molar-refractivity contribution is 0.252. The molecule has 8 heteroatoms. The van der Waals surface area contributed by atoms with Gasteiger partial charge in [-0.15, -0.1) is 10.2 Å². The van der Waals surface area contributed by atoms with Gasteiger partial charge in [-0.25, -0.2) is 4.79 Å². The summed E-state index contributed by atoms with van der Waals surface area (Å²) in [6, 6.07) is 14.8. The zero-order valence-electron chi connectivity index (χ0n) is 14.8. The zero-order valence-corrected chi connectivity index (χ0v) is 17.2. The van der Waals surface area contributed by atoms with Gasteiger partial charge < -0.3 is 13.6 Å². The average Bonchev–Trinajstić information content (AvgIpc) is 3.12. The molecule has 6 nitrogen and oxygen atoms in total. The first-order chi connectivity index (χ1) is 13.6. The second-order valence-corrected chi connectivity index (χ2v) is 7.93. The molecule has 28 heavy (non-hydrogen) atoms. The van der Waals surface area contributed by atoms with Crippen molar-refractivity contribution in [3.63, 3.8) is 0 Å². The van der Waals surface area contributed by atoms with Crippen LogP contribution in [0.4, 0.5) is 0 Å². The molecule has 0 spiro atoms. The Hall–Kier alpha value is -2.58. The number of fused-ring (bicyclic) bond motifs is 1. The number of hydrogen-bond acceptors (Lipinski definition) is 7. The number of ether oxygens (including phenoxy) is 1. The lowest BCUT2D eigenvalue weighted by atomic mass is 10.1. The number of benzene rings is 2. The van der Waals surface area contributed by atoms with Crippen LogP contribution in [0, 0.1) is 6.92 Å². The van der Waals surface area contributed by atoms with E-state index >= 15 is 0 Å². The van der Waals surface area contributed by atoms with Crippen LogP contribution >= 0.6 is 27.7 Å². The highest BCUT2D eigenvalue weighted by atomic mass is 79.9. The van der Waals surface area contributed by atoms with Crippen molar-refractivity contribution in [1.82, 2.24) is 10.2 Å². The van der Waals surface area contributed by atoms with Gasteiger partial charge in [-0.05, 0) is 48.4 Å². The summed E-state index contributed by atoms with van der Waals surface area (Å²) in [5, 5.41) is 9.33. The third-order valence-electron chi connectivity index (χ3n) is 3.94. The van der Waals surface area contributed by atoms with Gasteiger partial charge in [-0.3, -0.25) is 0 Å². The smallest absolute Gasteiger partial charge is 0.336 e. The minimum absolute atomic E-state index is 0.197. The van der Waals surface area contributed by atoms with Crippen molar-refractivity contribution < 1.29 is 13.6 Å². The van der Waals surface area contributed by atoms with Gasteiger partial charge in [-0.2, -0.15) is 0 Å². The van der Waals surface area contributed by atoms with Crippen LogP contribution in [0.1, 0.15) is 17.0 Å². The molecule has 0 aliphatic rings. The fourth-order valence-electron chi connectivity index (χ4n) is 2.67. The topological polar surface area (TPSA) is 78.4 Å². The molecule has 142 valence electrons. The van der Waals surface area contributed by atoms with Crippen LogP contribution in [-0.2, 0) is 12.4 Å². The number of hydrogen-bond donors (Lipinski definition) is 0. The van der Waals surface area contributed by atoms with E-state index in [9.17, 15) is 4.79 Å². The van der Waals surface area contributed by atoms with E-state index in [0.717, 1.165) is 26.7 Å². The van der Waals surface area contributed by atoms with Gasteiger partial charge in [0, 0.05) is 21.7 Å². The molecule has 2 heterocycles. The second-order valence-electron chi connectivity index (χ2n) is 6.09. The van der Waals surface area contributed by atoms with Crippen LogP contribution < -0.4 is 10.4 Å². The molecule has 0 saturated heterocycles. The Labute approximate surface area is 173 Å². The average molecular weight is 459 g/mol. The Bertz CT molecular complexity index is 1190. The Morgan fingerprint density at radius 3 is 2.86 bits per heavy atom. The minimum Gasteiger partial charge on any atom is -0.484 e. The number of halogens is 1. The Balaban J connectivity index is 1.43. The van der Waals surface area contributed by atoms with Crippen molar-refractivity contribution in [2.75, 3.05) is 0 Å². The van der Waals surface area contributed by atoms with E-state index in [0.29, 0.717) is 22.4 Å². The van der Waals surface area contributed by atoms with E-state index in [1.165, 1.54) is 17.8 Å². The summed E-state index contributed by atoms with van der Waals surface area (Å²) in [7, 11) is 0. The zero-order chi connectivity index (χ0) is 19.5. The molecular formula is C20H15BrN2O4S. The minimum atomic E-state index is -0.390. The van der Waals surface area contributed by atoms with E-state index < -0.39 is 0 Å². The highest BCUT2D eigenvalue weighted by molar-refractivity contribution is 9.10. The molecule has 0 saturated carbocycles. The van der Waals surface area contributed by atoms with Crippen molar-refractivity contribution in [3.05, 3.63) is 80.4 Å². The van der Waals surface area contributed by atoms with Gasteiger partial charge in [-0.1, -0.05) is 39.8 Å². The number of aryl methyl sites for hydroxylation is 1. The van der Waals surface area contributed by atoms with Gasteiger partial charge in [0.15, 0.2) is 6.61 Å². The van der Waals surface area contributed by atoms with E-state index in [2.05, 4.69) is 26.1 Å². The number of nitrogens with zero attached hydrogens (tertiary/aromatic N) is 2. The van der Waals surface area contributed by atoms with Crippen LogP contribution in [0.25, 0.3) is 11.0 Å². The molecule has 0 bridgehead atoms. The van der Waals surface area contributed by atoms with Gasteiger partial charge in [0.1, 0.15) is 11.3 Å². The quantitative estimate of drug-likeness (QED) is 0.293. The molecule has 0 amide bonds. The van der Waals surface area contributed by atoms with Crippen LogP contribution in [0.5, 0.6) is 5.75 Å². The normalized spacial score (nSPS) is 11.1. The van der Waals surface area contributed by atoms with E-state index in [4.69, 9.17) is 13.6 Å². The predicted molar refractivity (Wildman–Crippen MR) is 110 cm³/mol. The second kappa shape index (κ2) is 8.20. The van der Waals surface area contributed by atoms with Crippen molar-refractivity contribution in [2.24, 2.45) is 0 Å². The molecule has 0 fully saturated rings. The Morgan fingerprint density at radius 2 is 2.00 bits per heavy atom. The summed E-state index contributed by atoms with van der Waals surface area (Å²) < 4.78 is 17.4. The standard InChI is InChI=1S/C20H15BrN2O4S/c1-12-3-2-4-15(7-12)25-10-18-22-23-20(27-18)28-11-13-8-19(24)26-17-9-14(21)5-6-16(13)17/h2-9H,10-11H2,1H3. The highest BCUT2D eigenvalue weighted by Crippen LogP contribution is 2.27. The summed E-state index contributed by atoms with van der Waals surface area (Å²) in [4.78, 5) is 11.8. The molecule has 0 atom stereocenters. The van der Waals surface area contributed by atoms with Crippen molar-refractivity contribution >= 4 is 38.7 Å². The van der Waals surface area contributed by atoms with Crippen molar-refractivity contribution in [1.29, 1.82) is 0 Å². The van der Waals surface area contributed by atoms with E-state index in [1.54, 1.807) is 6.07 Å². The third kappa shape index (κ3) is 4.45. The number of thioether (sulfide) groups is 1. The number of rotatable bonds is 6. The van der Waals surface area contributed by atoms with Gasteiger partial charge in [0.25, 0.3) is 11.1 Å². The van der Waals surface area contributed by atoms with Crippen LogP contribution in [0.3, 0.4) is 0 Å². The molecular weight excluding hydrogens is 444 g/mol. The fraction of sp³-hybridized carbons (Fsp3) is 0.150. The molecule has 0 aliphatic heterocycles. The Morgan fingerprint density at radius 1 is 1.11 bits per heavy atom. The lowest BCUT2D eigenvalue weighted by Gasteiger charge is -2.04.